The van der Waals surface area contributed by atoms with Crippen LogP contribution in [0, 0.1) is 22.7 Å². The molecule has 3 rings (SSSR count). The summed E-state index contributed by atoms with van der Waals surface area (Å²) in [7, 11) is 0. The number of aliphatic hydroxyl groups excluding tert-OH is 1. The molecule has 3 fully saturated rings. The van der Waals surface area contributed by atoms with Gasteiger partial charge in [0.2, 0.25) is 0 Å². The number of carbonyl (C=O) groups is 1. The fourth-order valence-electron chi connectivity index (χ4n) is 5.38. The number of aliphatic hydroxyl groups is 1. The highest BCUT2D eigenvalue weighted by atomic mass is 19.4. The minimum Gasteiger partial charge on any atom is -0.455 e. The van der Waals surface area contributed by atoms with E-state index in [9.17, 15) is 23.1 Å². The molecule has 1 N–H and O–H groups in total. The Hall–Kier alpha value is -1.04. The van der Waals surface area contributed by atoms with Crippen molar-refractivity contribution in [2.45, 2.75) is 64.3 Å². The Morgan fingerprint density at radius 1 is 1.30 bits per heavy atom. The first kappa shape index (κ1) is 16.8. The molecule has 1 spiro atoms. The number of carbonyl (C=O) groups excluding carboxylic acids is 1. The van der Waals surface area contributed by atoms with Crippen molar-refractivity contribution in [2.75, 3.05) is 0 Å². The lowest BCUT2D eigenvalue weighted by molar-refractivity contribution is -0.254. The van der Waals surface area contributed by atoms with E-state index in [0.717, 1.165) is 12.8 Å². The number of fused-ring (bicyclic) bond motifs is 1. The van der Waals surface area contributed by atoms with E-state index in [-0.39, 0.29) is 16.9 Å². The zero-order chi connectivity index (χ0) is 17.2. The lowest BCUT2D eigenvalue weighted by atomic mass is 9.63. The van der Waals surface area contributed by atoms with Gasteiger partial charge in [-0.15, -0.1) is 0 Å². The molecule has 23 heavy (non-hydrogen) atoms. The molecule has 0 aromatic heterocycles. The van der Waals surface area contributed by atoms with Gasteiger partial charge in [-0.3, -0.25) is 0 Å². The van der Waals surface area contributed by atoms with E-state index in [1.54, 1.807) is 0 Å². The van der Waals surface area contributed by atoms with Gasteiger partial charge in [0.15, 0.2) is 6.10 Å². The van der Waals surface area contributed by atoms with Crippen LogP contribution in [-0.4, -0.2) is 29.5 Å². The third-order valence-electron chi connectivity index (χ3n) is 6.03. The molecule has 2 bridgehead atoms. The van der Waals surface area contributed by atoms with E-state index in [0.29, 0.717) is 25.2 Å². The Kier molecular flexibility index (Phi) is 3.64. The molecule has 0 aliphatic heterocycles. The molecule has 0 radical (unpaired) electrons. The van der Waals surface area contributed by atoms with Gasteiger partial charge in [-0.25, -0.2) is 4.79 Å². The summed E-state index contributed by atoms with van der Waals surface area (Å²) < 4.78 is 44.7. The lowest BCUT2D eigenvalue weighted by Crippen LogP contribution is -2.53. The molecule has 3 aliphatic carbocycles. The van der Waals surface area contributed by atoms with Crippen molar-refractivity contribution in [3.05, 3.63) is 12.2 Å². The lowest BCUT2D eigenvalue weighted by Gasteiger charge is -2.46. The molecule has 0 saturated heterocycles. The van der Waals surface area contributed by atoms with Crippen LogP contribution in [0.15, 0.2) is 12.2 Å². The molecular weight excluding hydrogens is 309 g/mol. The van der Waals surface area contributed by atoms with Gasteiger partial charge in [-0.1, -0.05) is 13.5 Å². The van der Waals surface area contributed by atoms with Gasteiger partial charge in [0.05, 0.1) is 0 Å². The Bertz CT molecular complexity index is 540. The quantitative estimate of drug-likeness (QED) is 0.632. The number of halogens is 3. The molecule has 6 atom stereocenters. The van der Waals surface area contributed by atoms with E-state index in [1.807, 2.05) is 6.92 Å². The largest absolute Gasteiger partial charge is 0.455 e. The summed E-state index contributed by atoms with van der Waals surface area (Å²) in [5.41, 5.74) is -0.597. The molecule has 0 aromatic rings. The van der Waals surface area contributed by atoms with E-state index >= 15 is 0 Å². The van der Waals surface area contributed by atoms with Crippen molar-refractivity contribution in [3.8, 4) is 0 Å². The number of ether oxygens (including phenoxy) is 1. The van der Waals surface area contributed by atoms with Gasteiger partial charge in [0.25, 0.3) is 0 Å². The van der Waals surface area contributed by atoms with Crippen LogP contribution in [0.25, 0.3) is 0 Å². The summed E-state index contributed by atoms with van der Waals surface area (Å²) in [5.74, 6) is -0.165. The van der Waals surface area contributed by atoms with Gasteiger partial charge in [0.1, 0.15) is 6.10 Å². The first-order chi connectivity index (χ1) is 10.5. The Morgan fingerprint density at radius 2 is 1.96 bits per heavy atom. The number of alkyl halides is 3. The van der Waals surface area contributed by atoms with Gasteiger partial charge in [-0.2, -0.15) is 13.2 Å². The van der Waals surface area contributed by atoms with Crippen LogP contribution < -0.4 is 0 Å². The van der Waals surface area contributed by atoms with Crippen LogP contribution in [0.3, 0.4) is 0 Å². The van der Waals surface area contributed by atoms with Crippen molar-refractivity contribution in [1.29, 1.82) is 0 Å². The number of rotatable bonds is 4. The predicted octanol–water partition coefficient (Wildman–Crippen LogP) is 3.61. The highest BCUT2D eigenvalue weighted by Gasteiger charge is 2.71. The molecule has 3 saturated carbocycles. The summed E-state index contributed by atoms with van der Waals surface area (Å²) >= 11 is 0. The highest BCUT2D eigenvalue weighted by Crippen LogP contribution is 2.77. The molecule has 0 heterocycles. The molecule has 0 amide bonds. The normalized spacial score (nSPS) is 41.0. The molecule has 6 unspecified atom stereocenters. The minimum absolute atomic E-state index is 0.0440. The van der Waals surface area contributed by atoms with Crippen LogP contribution in [0.5, 0.6) is 0 Å². The van der Waals surface area contributed by atoms with Gasteiger partial charge in [0, 0.05) is 11.0 Å². The summed E-state index contributed by atoms with van der Waals surface area (Å²) in [5, 5.41) is 9.90. The summed E-state index contributed by atoms with van der Waals surface area (Å²) in [4.78, 5) is 11.9. The third kappa shape index (κ3) is 2.69. The van der Waals surface area contributed by atoms with Gasteiger partial charge >= 0.3 is 12.1 Å². The fourth-order valence-corrected chi connectivity index (χ4v) is 5.38. The average Bonchev–Trinajstić information content (AvgIpc) is 2.95. The molecule has 3 nitrogen and oxygen atoms in total. The van der Waals surface area contributed by atoms with E-state index < -0.39 is 29.8 Å². The second-order valence-corrected chi connectivity index (χ2v) is 8.11. The van der Waals surface area contributed by atoms with E-state index in [2.05, 4.69) is 6.58 Å². The van der Waals surface area contributed by atoms with E-state index in [4.69, 9.17) is 4.74 Å². The molecular formula is C17H23F3O3. The van der Waals surface area contributed by atoms with Gasteiger partial charge in [-0.05, 0) is 56.3 Å². The summed E-state index contributed by atoms with van der Waals surface area (Å²) in [6.45, 7) is 6.87. The van der Waals surface area contributed by atoms with Gasteiger partial charge < -0.3 is 9.84 Å². The predicted molar refractivity (Wildman–Crippen MR) is 77.4 cm³/mol. The number of hydrogen-bond donors (Lipinski definition) is 1. The van der Waals surface area contributed by atoms with Crippen LogP contribution in [0.4, 0.5) is 13.2 Å². The maximum Gasteiger partial charge on any atom is 0.418 e. The average molecular weight is 332 g/mol. The first-order valence-corrected chi connectivity index (χ1v) is 8.10. The molecule has 6 heteroatoms. The second kappa shape index (κ2) is 4.98. The zero-order valence-corrected chi connectivity index (χ0v) is 13.4. The smallest absolute Gasteiger partial charge is 0.418 e. The summed E-state index contributed by atoms with van der Waals surface area (Å²) in [6, 6.07) is 0. The van der Waals surface area contributed by atoms with Crippen molar-refractivity contribution >= 4 is 5.97 Å². The fraction of sp³-hybridized carbons (Fsp3) is 0.824. The topological polar surface area (TPSA) is 46.5 Å². The zero-order valence-electron chi connectivity index (χ0n) is 13.4. The van der Waals surface area contributed by atoms with Crippen LogP contribution in [-0.2, 0) is 9.53 Å². The van der Waals surface area contributed by atoms with E-state index in [1.165, 1.54) is 6.92 Å². The van der Waals surface area contributed by atoms with Crippen LogP contribution in [0.1, 0.15) is 46.0 Å². The third-order valence-corrected chi connectivity index (χ3v) is 6.03. The maximum absolute atomic E-state index is 13.2. The SMILES string of the molecule is C=C(C)C(=O)OC(C(O)C(F)(F)F)C12CC(C)CC3(CC3C1)C2. The Balaban J connectivity index is 1.91. The van der Waals surface area contributed by atoms with Crippen molar-refractivity contribution < 1.29 is 27.8 Å². The maximum atomic E-state index is 13.2. The van der Waals surface area contributed by atoms with Crippen LogP contribution >= 0.6 is 0 Å². The molecule has 0 aromatic carbocycles. The standard InChI is InChI=1S/C17H23F3O3/c1-9(2)14(22)23-13(12(21)17(18,19)20)16-5-10(3)4-15(8-16)6-11(15)7-16/h10-13,21H,1,4-8H2,2-3H3. The number of hydrogen-bond acceptors (Lipinski definition) is 3. The van der Waals surface area contributed by atoms with Crippen molar-refractivity contribution in [2.24, 2.45) is 22.7 Å². The monoisotopic (exact) mass is 332 g/mol. The Labute approximate surface area is 133 Å². The minimum atomic E-state index is -4.81. The second-order valence-electron chi connectivity index (χ2n) is 8.11. The molecule has 130 valence electrons. The van der Waals surface area contributed by atoms with Crippen molar-refractivity contribution in [1.82, 2.24) is 0 Å². The van der Waals surface area contributed by atoms with Crippen molar-refractivity contribution in [3.63, 3.8) is 0 Å². The highest BCUT2D eigenvalue weighted by molar-refractivity contribution is 5.87. The van der Waals surface area contributed by atoms with Crippen LogP contribution in [0.2, 0.25) is 0 Å². The molecule has 3 aliphatic rings. The number of esters is 1. The summed E-state index contributed by atoms with van der Waals surface area (Å²) in [6.07, 6.45) is -5.12. The first-order valence-electron chi connectivity index (χ1n) is 8.10. The Morgan fingerprint density at radius 3 is 2.52 bits per heavy atom.